The van der Waals surface area contributed by atoms with Crippen molar-refractivity contribution < 1.29 is 9.53 Å². The number of aryl methyl sites for hydroxylation is 1. The van der Waals surface area contributed by atoms with E-state index in [9.17, 15) is 4.79 Å². The predicted octanol–water partition coefficient (Wildman–Crippen LogP) is 2.83. The van der Waals surface area contributed by atoms with Gasteiger partial charge in [-0.3, -0.25) is 9.48 Å². The summed E-state index contributed by atoms with van der Waals surface area (Å²) in [7, 11) is 0. The van der Waals surface area contributed by atoms with Crippen LogP contribution in [0.1, 0.15) is 53.3 Å². The van der Waals surface area contributed by atoms with Crippen LogP contribution in [0.4, 0.5) is 0 Å². The van der Waals surface area contributed by atoms with Crippen LogP contribution in [0.25, 0.3) is 0 Å². The Labute approximate surface area is 160 Å². The molecule has 6 heteroatoms. The Balaban J connectivity index is 1.36. The standard InChI is InChI=1S/C21H28N4O2/c1-15-4-7-17(20(11-15)27-14-16-5-6-16)12-23-21(26)19-8-10-25(24-19)18-3-2-9-22-13-18/h4,7-8,10-11,16,18,22H,2-3,5-6,9,12-14H2,1H3,(H,23,26). The fraction of sp³-hybridized carbons (Fsp3) is 0.524. The SMILES string of the molecule is Cc1ccc(CNC(=O)c2ccn(C3CCCNC3)n2)c(OCC2CC2)c1. The van der Waals surface area contributed by atoms with E-state index in [2.05, 4.69) is 34.8 Å². The van der Waals surface area contributed by atoms with E-state index in [0.717, 1.165) is 49.4 Å². The average molecular weight is 368 g/mol. The number of rotatable bonds is 7. The third-order valence-corrected chi connectivity index (χ3v) is 5.32. The summed E-state index contributed by atoms with van der Waals surface area (Å²) in [6, 6.07) is 8.26. The van der Waals surface area contributed by atoms with Crippen molar-refractivity contribution in [2.24, 2.45) is 5.92 Å². The highest BCUT2D eigenvalue weighted by Gasteiger charge is 2.22. The third-order valence-electron chi connectivity index (χ3n) is 5.32. The molecule has 1 aliphatic heterocycles. The lowest BCUT2D eigenvalue weighted by Gasteiger charge is -2.22. The molecule has 2 aromatic rings. The monoisotopic (exact) mass is 368 g/mol. The predicted molar refractivity (Wildman–Crippen MR) is 104 cm³/mol. The van der Waals surface area contributed by atoms with Gasteiger partial charge in [-0.2, -0.15) is 5.10 Å². The number of amides is 1. The molecule has 2 fully saturated rings. The fourth-order valence-electron chi connectivity index (χ4n) is 3.42. The van der Waals surface area contributed by atoms with Crippen LogP contribution < -0.4 is 15.4 Å². The van der Waals surface area contributed by atoms with Gasteiger partial charge in [-0.05, 0) is 62.8 Å². The number of hydrogen-bond donors (Lipinski definition) is 2. The van der Waals surface area contributed by atoms with Gasteiger partial charge in [0.2, 0.25) is 0 Å². The van der Waals surface area contributed by atoms with Crippen molar-refractivity contribution in [3.8, 4) is 5.75 Å². The number of piperidine rings is 1. The largest absolute Gasteiger partial charge is 0.493 e. The Morgan fingerprint density at radius 2 is 2.22 bits per heavy atom. The molecule has 2 heterocycles. The minimum Gasteiger partial charge on any atom is -0.493 e. The van der Waals surface area contributed by atoms with E-state index in [-0.39, 0.29) is 5.91 Å². The molecule has 1 saturated carbocycles. The van der Waals surface area contributed by atoms with Crippen LogP contribution in [0, 0.1) is 12.8 Å². The van der Waals surface area contributed by atoms with E-state index in [0.29, 0.717) is 24.2 Å². The lowest BCUT2D eigenvalue weighted by Crippen LogP contribution is -2.32. The van der Waals surface area contributed by atoms with Gasteiger partial charge >= 0.3 is 0 Å². The molecular formula is C21H28N4O2. The van der Waals surface area contributed by atoms with Gasteiger partial charge in [0.25, 0.3) is 5.91 Å². The van der Waals surface area contributed by atoms with E-state index < -0.39 is 0 Å². The summed E-state index contributed by atoms with van der Waals surface area (Å²) < 4.78 is 7.90. The first-order valence-corrected chi connectivity index (χ1v) is 9.95. The Bertz CT molecular complexity index is 791. The second-order valence-corrected chi connectivity index (χ2v) is 7.73. The van der Waals surface area contributed by atoms with E-state index >= 15 is 0 Å². The highest BCUT2D eigenvalue weighted by molar-refractivity contribution is 5.92. The maximum atomic E-state index is 12.5. The zero-order valence-corrected chi connectivity index (χ0v) is 15.9. The van der Waals surface area contributed by atoms with Gasteiger partial charge in [-0.1, -0.05) is 12.1 Å². The van der Waals surface area contributed by atoms with Crippen LogP contribution in [0.2, 0.25) is 0 Å². The van der Waals surface area contributed by atoms with Crippen molar-refractivity contribution in [2.75, 3.05) is 19.7 Å². The second-order valence-electron chi connectivity index (χ2n) is 7.73. The van der Waals surface area contributed by atoms with E-state index in [1.807, 2.05) is 16.9 Å². The molecule has 2 aliphatic rings. The van der Waals surface area contributed by atoms with Gasteiger partial charge in [-0.15, -0.1) is 0 Å². The van der Waals surface area contributed by atoms with Crippen molar-refractivity contribution in [1.29, 1.82) is 0 Å². The molecule has 1 aliphatic carbocycles. The number of nitrogens with one attached hydrogen (secondary N) is 2. The zero-order valence-electron chi connectivity index (χ0n) is 15.9. The molecule has 1 atom stereocenters. The molecule has 1 unspecified atom stereocenters. The van der Waals surface area contributed by atoms with Crippen LogP contribution in [0.5, 0.6) is 5.75 Å². The summed E-state index contributed by atoms with van der Waals surface area (Å²) in [6.07, 6.45) is 6.67. The maximum absolute atomic E-state index is 12.5. The van der Waals surface area contributed by atoms with Crippen molar-refractivity contribution in [3.05, 3.63) is 47.3 Å². The number of nitrogens with zero attached hydrogens (tertiary/aromatic N) is 2. The molecule has 1 aromatic carbocycles. The number of benzene rings is 1. The van der Waals surface area contributed by atoms with Gasteiger partial charge in [0, 0.05) is 24.8 Å². The summed E-state index contributed by atoms with van der Waals surface area (Å²) in [6.45, 7) is 5.24. The van der Waals surface area contributed by atoms with E-state index in [4.69, 9.17) is 4.74 Å². The highest BCUT2D eigenvalue weighted by Crippen LogP contribution is 2.30. The summed E-state index contributed by atoms with van der Waals surface area (Å²) in [4.78, 5) is 12.5. The first-order valence-electron chi connectivity index (χ1n) is 9.95. The number of hydrogen-bond acceptors (Lipinski definition) is 4. The van der Waals surface area contributed by atoms with Crippen LogP contribution >= 0.6 is 0 Å². The van der Waals surface area contributed by atoms with E-state index in [1.54, 1.807) is 6.07 Å². The first-order chi connectivity index (χ1) is 13.2. The summed E-state index contributed by atoms with van der Waals surface area (Å²) in [5, 5.41) is 10.8. The molecule has 0 spiro atoms. The van der Waals surface area contributed by atoms with Crippen molar-refractivity contribution in [3.63, 3.8) is 0 Å². The third kappa shape index (κ3) is 4.69. The smallest absolute Gasteiger partial charge is 0.272 e. The minimum absolute atomic E-state index is 0.147. The Kier molecular flexibility index (Phi) is 5.43. The van der Waals surface area contributed by atoms with Gasteiger partial charge in [0.1, 0.15) is 11.4 Å². The maximum Gasteiger partial charge on any atom is 0.272 e. The quantitative estimate of drug-likeness (QED) is 0.789. The number of carbonyl (C=O) groups excluding carboxylic acids is 1. The normalized spacial score (nSPS) is 19.7. The van der Waals surface area contributed by atoms with Crippen LogP contribution in [0.3, 0.4) is 0 Å². The first kappa shape index (κ1) is 18.0. The topological polar surface area (TPSA) is 68.2 Å². The lowest BCUT2D eigenvalue weighted by molar-refractivity contribution is 0.0944. The lowest BCUT2D eigenvalue weighted by atomic mass is 10.1. The summed E-state index contributed by atoms with van der Waals surface area (Å²) in [5.41, 5.74) is 2.63. The van der Waals surface area contributed by atoms with E-state index in [1.165, 1.54) is 12.8 Å². The van der Waals surface area contributed by atoms with Crippen molar-refractivity contribution in [2.45, 2.75) is 45.2 Å². The zero-order chi connectivity index (χ0) is 18.6. The Hall–Kier alpha value is -2.34. The molecule has 1 aromatic heterocycles. The Morgan fingerprint density at radius 3 is 3.00 bits per heavy atom. The highest BCUT2D eigenvalue weighted by atomic mass is 16.5. The molecule has 144 valence electrons. The molecular weight excluding hydrogens is 340 g/mol. The van der Waals surface area contributed by atoms with Crippen LogP contribution in [0.15, 0.2) is 30.5 Å². The molecule has 1 saturated heterocycles. The van der Waals surface area contributed by atoms with Gasteiger partial charge in [-0.25, -0.2) is 0 Å². The molecule has 0 radical (unpaired) electrons. The van der Waals surface area contributed by atoms with Gasteiger partial charge in [0.05, 0.1) is 12.6 Å². The van der Waals surface area contributed by atoms with Gasteiger partial charge in [0.15, 0.2) is 0 Å². The second kappa shape index (κ2) is 8.13. The summed E-state index contributed by atoms with van der Waals surface area (Å²) in [5.74, 6) is 1.43. The average Bonchev–Trinajstić information content (AvgIpc) is 3.39. The molecule has 2 N–H and O–H groups in total. The number of aromatic nitrogens is 2. The fourth-order valence-corrected chi connectivity index (χ4v) is 3.42. The molecule has 27 heavy (non-hydrogen) atoms. The number of carbonyl (C=O) groups is 1. The van der Waals surface area contributed by atoms with Crippen molar-refractivity contribution in [1.82, 2.24) is 20.4 Å². The minimum atomic E-state index is -0.147. The summed E-state index contributed by atoms with van der Waals surface area (Å²) >= 11 is 0. The van der Waals surface area contributed by atoms with Crippen LogP contribution in [-0.4, -0.2) is 35.4 Å². The molecule has 0 bridgehead atoms. The van der Waals surface area contributed by atoms with Crippen molar-refractivity contribution >= 4 is 5.91 Å². The molecule has 1 amide bonds. The van der Waals surface area contributed by atoms with Gasteiger partial charge < -0.3 is 15.4 Å². The Morgan fingerprint density at radius 1 is 1.33 bits per heavy atom. The van der Waals surface area contributed by atoms with Crippen LogP contribution in [-0.2, 0) is 6.54 Å². The number of ether oxygens (including phenoxy) is 1. The molecule has 4 rings (SSSR count). The molecule has 6 nitrogen and oxygen atoms in total.